The lowest BCUT2D eigenvalue weighted by Crippen LogP contribution is -2.43. The van der Waals surface area contributed by atoms with Crippen molar-refractivity contribution >= 4 is 17.1 Å². The molecule has 1 aromatic carbocycles. The molecule has 3 heterocycles. The van der Waals surface area contributed by atoms with Gasteiger partial charge in [0.1, 0.15) is 5.82 Å². The Kier molecular flexibility index (Phi) is 5.24. The molecule has 0 aliphatic carbocycles. The Morgan fingerprint density at radius 1 is 1.38 bits per heavy atom. The smallest absolute Gasteiger partial charge is 0.281 e. The molecular formula is C19H21FN6O3. The van der Waals surface area contributed by atoms with Crippen LogP contribution in [0.25, 0.3) is 11.2 Å². The zero-order valence-electron chi connectivity index (χ0n) is 16.0. The largest absolute Gasteiger partial charge is 0.481 e. The second kappa shape index (κ2) is 7.98. The number of ether oxygens (including phenoxy) is 1. The number of likely N-dealkylation sites (tertiary alicyclic amines) is 1. The van der Waals surface area contributed by atoms with E-state index in [-0.39, 0.29) is 35.3 Å². The van der Waals surface area contributed by atoms with Crippen LogP contribution in [-0.4, -0.2) is 55.5 Å². The molecule has 29 heavy (non-hydrogen) atoms. The average Bonchev–Trinajstić information content (AvgIpc) is 3.10. The number of aryl methyl sites for hydroxylation is 1. The number of nitrogens with zero attached hydrogens (tertiary/aromatic N) is 5. The fourth-order valence-corrected chi connectivity index (χ4v) is 3.58. The lowest BCUT2D eigenvalue weighted by molar-refractivity contribution is -0.135. The van der Waals surface area contributed by atoms with Gasteiger partial charge in [-0.2, -0.15) is 0 Å². The molecule has 2 aromatic heterocycles. The normalized spacial score (nSPS) is 16.9. The van der Waals surface area contributed by atoms with E-state index in [1.165, 1.54) is 12.1 Å². The summed E-state index contributed by atoms with van der Waals surface area (Å²) in [7, 11) is 0. The molecule has 9 nitrogen and oxygen atoms in total. The van der Waals surface area contributed by atoms with Gasteiger partial charge in [0.2, 0.25) is 0 Å². The monoisotopic (exact) mass is 400 g/mol. The van der Waals surface area contributed by atoms with Crippen LogP contribution >= 0.6 is 0 Å². The van der Waals surface area contributed by atoms with E-state index >= 15 is 0 Å². The van der Waals surface area contributed by atoms with Crippen molar-refractivity contribution in [1.82, 2.24) is 29.9 Å². The molecule has 4 rings (SSSR count). The van der Waals surface area contributed by atoms with Crippen molar-refractivity contribution < 1.29 is 13.9 Å². The van der Waals surface area contributed by atoms with Crippen LogP contribution in [0.5, 0.6) is 5.75 Å². The summed E-state index contributed by atoms with van der Waals surface area (Å²) in [5.74, 6) is 0.0267. The van der Waals surface area contributed by atoms with Crippen LogP contribution in [0.3, 0.4) is 0 Å². The number of H-pyrrole nitrogens is 1. The first-order chi connectivity index (χ1) is 14.0. The van der Waals surface area contributed by atoms with Crippen molar-refractivity contribution in [2.75, 3.05) is 19.7 Å². The average molecular weight is 400 g/mol. The fourth-order valence-electron chi connectivity index (χ4n) is 3.58. The number of nitrogens with one attached hydrogen (secondary N) is 1. The molecule has 0 spiro atoms. The van der Waals surface area contributed by atoms with Gasteiger partial charge < -0.3 is 14.6 Å². The van der Waals surface area contributed by atoms with Gasteiger partial charge in [-0.3, -0.25) is 9.59 Å². The van der Waals surface area contributed by atoms with Crippen molar-refractivity contribution in [2.24, 2.45) is 5.92 Å². The van der Waals surface area contributed by atoms with Gasteiger partial charge in [-0.15, -0.1) is 5.10 Å². The molecule has 1 atom stereocenters. The summed E-state index contributed by atoms with van der Waals surface area (Å²) in [6.45, 7) is 3.16. The van der Waals surface area contributed by atoms with Crippen LogP contribution in [0, 0.1) is 18.7 Å². The number of amides is 1. The van der Waals surface area contributed by atoms with Gasteiger partial charge in [0.25, 0.3) is 11.5 Å². The number of piperidine rings is 1. The zero-order chi connectivity index (χ0) is 20.4. The third kappa shape index (κ3) is 4.10. The van der Waals surface area contributed by atoms with Crippen LogP contribution in [0.2, 0.25) is 0 Å². The third-order valence-corrected chi connectivity index (χ3v) is 4.98. The maximum absolute atomic E-state index is 13.6. The predicted octanol–water partition coefficient (Wildman–Crippen LogP) is 1.28. The lowest BCUT2D eigenvalue weighted by Gasteiger charge is -2.32. The highest BCUT2D eigenvalue weighted by Crippen LogP contribution is 2.20. The molecule has 0 saturated carbocycles. The van der Waals surface area contributed by atoms with E-state index < -0.39 is 5.82 Å². The molecule has 1 aliphatic rings. The molecule has 0 bridgehead atoms. The highest BCUT2D eigenvalue weighted by molar-refractivity contribution is 5.77. The maximum Gasteiger partial charge on any atom is 0.281 e. The number of aromatic amines is 1. The Morgan fingerprint density at radius 2 is 2.21 bits per heavy atom. The predicted molar refractivity (Wildman–Crippen MR) is 102 cm³/mol. The summed E-state index contributed by atoms with van der Waals surface area (Å²) < 4.78 is 20.6. The van der Waals surface area contributed by atoms with E-state index in [2.05, 4.69) is 20.3 Å². The van der Waals surface area contributed by atoms with Gasteiger partial charge in [0.05, 0.1) is 0 Å². The molecule has 1 saturated heterocycles. The summed E-state index contributed by atoms with van der Waals surface area (Å²) in [6, 6.07) is 6.01. The number of carbonyl (C=O) groups excluding carboxylic acids is 1. The van der Waals surface area contributed by atoms with E-state index in [9.17, 15) is 14.0 Å². The zero-order valence-corrected chi connectivity index (χ0v) is 16.0. The van der Waals surface area contributed by atoms with E-state index in [4.69, 9.17) is 4.74 Å². The summed E-state index contributed by atoms with van der Waals surface area (Å²) in [6.07, 6.45) is 1.76. The first-order valence-electron chi connectivity index (χ1n) is 9.46. The Hall–Kier alpha value is -3.30. The molecule has 1 N–H and O–H groups in total. The van der Waals surface area contributed by atoms with Crippen molar-refractivity contribution in [3.05, 3.63) is 46.3 Å². The Bertz CT molecular complexity index is 1090. The molecule has 1 aliphatic heterocycles. The molecule has 3 aromatic rings. The maximum atomic E-state index is 13.6. The second-order valence-electron chi connectivity index (χ2n) is 7.16. The SMILES string of the molecule is Cc1nc2c(nnn2C[C@@H]2CCCN(C(=O)COc3ccccc3F)C2)c(=O)[nH]1. The molecule has 0 unspecified atom stereocenters. The summed E-state index contributed by atoms with van der Waals surface area (Å²) in [4.78, 5) is 33.1. The minimum absolute atomic E-state index is 0.0650. The van der Waals surface area contributed by atoms with Crippen molar-refractivity contribution in [1.29, 1.82) is 0 Å². The van der Waals surface area contributed by atoms with Gasteiger partial charge in [0, 0.05) is 19.6 Å². The van der Waals surface area contributed by atoms with Crippen molar-refractivity contribution in [3.8, 4) is 5.75 Å². The highest BCUT2D eigenvalue weighted by Gasteiger charge is 2.25. The number of halogens is 1. The van der Waals surface area contributed by atoms with Crippen LogP contribution in [0.4, 0.5) is 4.39 Å². The topological polar surface area (TPSA) is 106 Å². The minimum Gasteiger partial charge on any atom is -0.481 e. The first-order valence-corrected chi connectivity index (χ1v) is 9.46. The highest BCUT2D eigenvalue weighted by atomic mass is 19.1. The number of rotatable bonds is 5. The van der Waals surface area contributed by atoms with Crippen LogP contribution in [-0.2, 0) is 11.3 Å². The number of carbonyl (C=O) groups is 1. The Morgan fingerprint density at radius 3 is 3.03 bits per heavy atom. The molecular weight excluding hydrogens is 379 g/mol. The number of hydrogen-bond donors (Lipinski definition) is 1. The lowest BCUT2D eigenvalue weighted by atomic mass is 9.98. The fraction of sp³-hybridized carbons (Fsp3) is 0.421. The van der Waals surface area contributed by atoms with Gasteiger partial charge in [-0.25, -0.2) is 14.1 Å². The van der Waals surface area contributed by atoms with Gasteiger partial charge in [-0.1, -0.05) is 17.3 Å². The van der Waals surface area contributed by atoms with Gasteiger partial charge in [-0.05, 0) is 37.8 Å². The van der Waals surface area contributed by atoms with E-state index in [1.54, 1.807) is 28.6 Å². The molecule has 1 fully saturated rings. The number of hydrogen-bond acceptors (Lipinski definition) is 6. The third-order valence-electron chi connectivity index (χ3n) is 4.98. The molecule has 10 heteroatoms. The van der Waals surface area contributed by atoms with Crippen LogP contribution < -0.4 is 10.3 Å². The minimum atomic E-state index is -0.493. The number of fused-ring (bicyclic) bond motifs is 1. The molecule has 152 valence electrons. The number of aromatic nitrogens is 5. The summed E-state index contributed by atoms with van der Waals surface area (Å²) in [5, 5.41) is 7.98. The van der Waals surface area contributed by atoms with E-state index in [1.807, 2.05) is 0 Å². The number of benzene rings is 1. The Balaban J connectivity index is 1.40. The second-order valence-corrected chi connectivity index (χ2v) is 7.16. The van der Waals surface area contributed by atoms with E-state index in [0.29, 0.717) is 31.1 Å². The summed E-state index contributed by atoms with van der Waals surface area (Å²) >= 11 is 0. The standard InChI is InChI=1S/C19H21FN6O3/c1-12-21-18-17(19(28)22-12)23-24-26(18)10-13-5-4-8-25(9-13)16(27)11-29-15-7-3-2-6-14(15)20/h2-3,6-7,13H,4-5,8-11H2,1H3,(H,21,22,28)/t13-/m1/s1. The first kappa shape index (κ1) is 19.0. The van der Waals surface area contributed by atoms with Crippen molar-refractivity contribution in [2.45, 2.75) is 26.3 Å². The van der Waals surface area contributed by atoms with E-state index in [0.717, 1.165) is 12.8 Å². The van der Waals surface area contributed by atoms with Crippen LogP contribution in [0.15, 0.2) is 29.1 Å². The van der Waals surface area contributed by atoms with Gasteiger partial charge >= 0.3 is 0 Å². The Labute approximate surface area is 165 Å². The molecule has 0 radical (unpaired) electrons. The summed E-state index contributed by atoms with van der Waals surface area (Å²) in [5.41, 5.74) is 0.333. The van der Waals surface area contributed by atoms with Crippen LogP contribution in [0.1, 0.15) is 18.7 Å². The quantitative estimate of drug-likeness (QED) is 0.692. The molecule has 1 amide bonds. The van der Waals surface area contributed by atoms with Gasteiger partial charge in [0.15, 0.2) is 29.3 Å². The van der Waals surface area contributed by atoms with Crippen molar-refractivity contribution in [3.63, 3.8) is 0 Å². The number of para-hydroxylation sites is 1.